The molecule has 0 bridgehead atoms. The first kappa shape index (κ1) is 13.8. The van der Waals surface area contributed by atoms with Crippen molar-refractivity contribution >= 4 is 17.2 Å². The lowest BCUT2D eigenvalue weighted by molar-refractivity contribution is -0.121. The molecule has 2 aromatic rings. The number of hydrogen-bond donors (Lipinski definition) is 2. The molecule has 1 unspecified atom stereocenters. The number of rotatable bonds is 5. The number of carbonyl (C=O) groups is 1. The smallest absolute Gasteiger partial charge is 0.224 e. The van der Waals surface area contributed by atoms with Gasteiger partial charge in [0.25, 0.3) is 0 Å². The van der Waals surface area contributed by atoms with Gasteiger partial charge in [0.15, 0.2) is 0 Å². The fourth-order valence-electron chi connectivity index (χ4n) is 2.00. The third-order valence-electron chi connectivity index (χ3n) is 3.11. The van der Waals surface area contributed by atoms with Gasteiger partial charge in [0.1, 0.15) is 0 Å². The third kappa shape index (κ3) is 3.66. The van der Waals surface area contributed by atoms with Gasteiger partial charge in [-0.2, -0.15) is 11.3 Å². The Bertz CT molecular complexity index is 537. The molecule has 1 aromatic carbocycles. The van der Waals surface area contributed by atoms with E-state index >= 15 is 0 Å². The Morgan fingerprint density at radius 3 is 2.68 bits per heavy atom. The van der Waals surface area contributed by atoms with Crippen LogP contribution in [0, 0.1) is 0 Å². The van der Waals surface area contributed by atoms with Crippen LogP contribution in [-0.4, -0.2) is 5.91 Å². The van der Waals surface area contributed by atoms with Gasteiger partial charge < -0.3 is 11.1 Å². The number of thiophene rings is 1. The summed E-state index contributed by atoms with van der Waals surface area (Å²) in [6, 6.07) is 9.87. The zero-order valence-corrected chi connectivity index (χ0v) is 11.7. The average molecular weight is 274 g/mol. The normalized spacial score (nSPS) is 12.1. The molecule has 19 heavy (non-hydrogen) atoms. The SMILES string of the molecule is CC(NC(=O)Cc1ccccc1CN)c1ccsc1. The lowest BCUT2D eigenvalue weighted by Crippen LogP contribution is -2.28. The van der Waals surface area contributed by atoms with Crippen molar-refractivity contribution in [3.05, 3.63) is 57.8 Å². The second-order valence-electron chi connectivity index (χ2n) is 4.50. The topological polar surface area (TPSA) is 55.1 Å². The van der Waals surface area contributed by atoms with Gasteiger partial charge in [0, 0.05) is 6.54 Å². The summed E-state index contributed by atoms with van der Waals surface area (Å²) in [4.78, 5) is 12.0. The maximum absolute atomic E-state index is 12.0. The molecule has 3 N–H and O–H groups in total. The summed E-state index contributed by atoms with van der Waals surface area (Å²) < 4.78 is 0. The van der Waals surface area contributed by atoms with Crippen LogP contribution in [0.2, 0.25) is 0 Å². The molecular weight excluding hydrogens is 256 g/mol. The summed E-state index contributed by atoms with van der Waals surface area (Å²) in [5.74, 6) is 0.0274. The molecule has 0 radical (unpaired) electrons. The highest BCUT2D eigenvalue weighted by Crippen LogP contribution is 2.16. The molecule has 2 rings (SSSR count). The average Bonchev–Trinajstić information content (AvgIpc) is 2.93. The minimum Gasteiger partial charge on any atom is -0.349 e. The molecule has 0 saturated carbocycles. The number of nitrogens with one attached hydrogen (secondary N) is 1. The van der Waals surface area contributed by atoms with E-state index in [1.54, 1.807) is 11.3 Å². The summed E-state index contributed by atoms with van der Waals surface area (Å²) in [5, 5.41) is 7.08. The van der Waals surface area contributed by atoms with Crippen LogP contribution in [0.15, 0.2) is 41.1 Å². The van der Waals surface area contributed by atoms with E-state index in [1.165, 1.54) is 0 Å². The number of benzene rings is 1. The van der Waals surface area contributed by atoms with Crippen LogP contribution in [0.4, 0.5) is 0 Å². The van der Waals surface area contributed by atoms with E-state index in [-0.39, 0.29) is 11.9 Å². The van der Waals surface area contributed by atoms with E-state index in [0.29, 0.717) is 13.0 Å². The zero-order chi connectivity index (χ0) is 13.7. The minimum atomic E-state index is 0.0274. The second kappa shape index (κ2) is 6.50. The van der Waals surface area contributed by atoms with Gasteiger partial charge in [-0.25, -0.2) is 0 Å². The van der Waals surface area contributed by atoms with E-state index in [9.17, 15) is 4.79 Å². The van der Waals surface area contributed by atoms with Crippen LogP contribution in [0.25, 0.3) is 0 Å². The highest BCUT2D eigenvalue weighted by molar-refractivity contribution is 7.07. The monoisotopic (exact) mass is 274 g/mol. The maximum atomic E-state index is 12.0. The first-order valence-corrected chi connectivity index (χ1v) is 7.23. The molecule has 100 valence electrons. The first-order valence-electron chi connectivity index (χ1n) is 6.29. The molecule has 0 saturated heterocycles. The number of amides is 1. The Morgan fingerprint density at radius 2 is 2.05 bits per heavy atom. The summed E-state index contributed by atoms with van der Waals surface area (Å²) in [6.45, 7) is 2.46. The molecule has 3 nitrogen and oxygen atoms in total. The molecular formula is C15H18N2OS. The maximum Gasteiger partial charge on any atom is 0.224 e. The molecule has 0 fully saturated rings. The fraction of sp³-hybridized carbons (Fsp3) is 0.267. The van der Waals surface area contributed by atoms with Gasteiger partial charge in [-0.1, -0.05) is 24.3 Å². The Balaban J connectivity index is 1.98. The van der Waals surface area contributed by atoms with Crippen molar-refractivity contribution in [1.82, 2.24) is 5.32 Å². The van der Waals surface area contributed by atoms with Crippen LogP contribution in [0.1, 0.15) is 29.7 Å². The molecule has 0 spiro atoms. The van der Waals surface area contributed by atoms with E-state index < -0.39 is 0 Å². The van der Waals surface area contributed by atoms with Crippen LogP contribution >= 0.6 is 11.3 Å². The van der Waals surface area contributed by atoms with Gasteiger partial charge in [-0.05, 0) is 40.4 Å². The summed E-state index contributed by atoms with van der Waals surface area (Å²) in [5.41, 5.74) is 8.85. The summed E-state index contributed by atoms with van der Waals surface area (Å²) >= 11 is 1.64. The first-order chi connectivity index (χ1) is 9.20. The predicted molar refractivity (Wildman–Crippen MR) is 78.9 cm³/mol. The van der Waals surface area contributed by atoms with Crippen LogP contribution in [0.5, 0.6) is 0 Å². The number of nitrogens with two attached hydrogens (primary N) is 1. The van der Waals surface area contributed by atoms with Crippen molar-refractivity contribution in [2.24, 2.45) is 5.73 Å². The van der Waals surface area contributed by atoms with Gasteiger partial charge in [-0.3, -0.25) is 4.79 Å². The van der Waals surface area contributed by atoms with Crippen molar-refractivity contribution in [2.45, 2.75) is 25.9 Å². The molecule has 0 aliphatic heterocycles. The van der Waals surface area contributed by atoms with E-state index in [2.05, 4.69) is 10.7 Å². The third-order valence-corrected chi connectivity index (χ3v) is 3.81. The van der Waals surface area contributed by atoms with Crippen molar-refractivity contribution in [2.75, 3.05) is 0 Å². The van der Waals surface area contributed by atoms with Crippen molar-refractivity contribution < 1.29 is 4.79 Å². The molecule has 1 heterocycles. The minimum absolute atomic E-state index is 0.0274. The number of carbonyl (C=O) groups excluding carboxylic acids is 1. The quantitative estimate of drug-likeness (QED) is 0.880. The van der Waals surface area contributed by atoms with Gasteiger partial charge >= 0.3 is 0 Å². The van der Waals surface area contributed by atoms with Gasteiger partial charge in [0.2, 0.25) is 5.91 Å². The standard InChI is InChI=1S/C15H18N2OS/c1-11(14-6-7-19-10-14)17-15(18)8-12-4-2-3-5-13(12)9-16/h2-7,10-11H,8-9,16H2,1H3,(H,17,18). The Morgan fingerprint density at radius 1 is 1.32 bits per heavy atom. The highest BCUT2D eigenvalue weighted by Gasteiger charge is 2.11. The summed E-state index contributed by atoms with van der Waals surface area (Å²) in [6.07, 6.45) is 0.377. The van der Waals surface area contributed by atoms with Gasteiger partial charge in [-0.15, -0.1) is 0 Å². The molecule has 0 aliphatic rings. The van der Waals surface area contributed by atoms with Gasteiger partial charge in [0.05, 0.1) is 12.5 Å². The fourth-order valence-corrected chi connectivity index (χ4v) is 2.75. The van der Waals surface area contributed by atoms with Crippen molar-refractivity contribution in [1.29, 1.82) is 0 Å². The molecule has 4 heteroatoms. The van der Waals surface area contributed by atoms with Crippen LogP contribution in [0.3, 0.4) is 0 Å². The second-order valence-corrected chi connectivity index (χ2v) is 5.28. The molecule has 0 aliphatic carbocycles. The highest BCUT2D eigenvalue weighted by atomic mass is 32.1. The van der Waals surface area contributed by atoms with Crippen molar-refractivity contribution in [3.63, 3.8) is 0 Å². The molecule has 1 atom stereocenters. The van der Waals surface area contributed by atoms with Crippen LogP contribution < -0.4 is 11.1 Å². The molecule has 1 amide bonds. The lowest BCUT2D eigenvalue weighted by Gasteiger charge is -2.13. The Labute approximate surface area is 117 Å². The van der Waals surface area contributed by atoms with E-state index in [0.717, 1.165) is 16.7 Å². The zero-order valence-electron chi connectivity index (χ0n) is 10.9. The summed E-state index contributed by atoms with van der Waals surface area (Å²) in [7, 11) is 0. The molecule has 1 aromatic heterocycles. The number of hydrogen-bond acceptors (Lipinski definition) is 3. The Kier molecular flexibility index (Phi) is 4.71. The van der Waals surface area contributed by atoms with Crippen LogP contribution in [-0.2, 0) is 17.8 Å². The van der Waals surface area contributed by atoms with Crippen molar-refractivity contribution in [3.8, 4) is 0 Å². The lowest BCUT2D eigenvalue weighted by atomic mass is 10.0. The van der Waals surface area contributed by atoms with E-state index in [1.807, 2.05) is 42.6 Å². The largest absolute Gasteiger partial charge is 0.349 e. The van der Waals surface area contributed by atoms with E-state index in [4.69, 9.17) is 5.73 Å². The Hall–Kier alpha value is -1.65. The predicted octanol–water partition coefficient (Wildman–Crippen LogP) is 2.63.